The molecule has 0 aromatic heterocycles. The first-order valence-electron chi connectivity index (χ1n) is 9.85. The Bertz CT molecular complexity index is 628. The van der Waals surface area contributed by atoms with Crippen molar-refractivity contribution in [2.24, 2.45) is 5.92 Å². The fraction of sp³-hybridized carbons (Fsp3) is 0.700. The van der Waals surface area contributed by atoms with Gasteiger partial charge in [0.2, 0.25) is 10.0 Å². The Kier molecular flexibility index (Phi) is 6.53. The van der Waals surface area contributed by atoms with Crippen molar-refractivity contribution in [2.75, 3.05) is 31.9 Å². The average molecular weight is 365 g/mol. The molecule has 2 aliphatic heterocycles. The van der Waals surface area contributed by atoms with E-state index in [1.165, 1.54) is 37.1 Å². The summed E-state index contributed by atoms with van der Waals surface area (Å²) in [6, 6.07) is 9.08. The summed E-state index contributed by atoms with van der Waals surface area (Å²) in [6.45, 7) is 6.87. The van der Waals surface area contributed by atoms with Crippen LogP contribution in [0.5, 0.6) is 0 Å². The fourth-order valence-electron chi connectivity index (χ4n) is 4.09. The Balaban J connectivity index is 1.47. The van der Waals surface area contributed by atoms with Crippen molar-refractivity contribution in [3.63, 3.8) is 0 Å². The second-order valence-corrected chi connectivity index (χ2v) is 9.75. The van der Waals surface area contributed by atoms with Crippen molar-refractivity contribution in [1.82, 2.24) is 9.21 Å². The largest absolute Gasteiger partial charge is 0.299 e. The lowest BCUT2D eigenvalue weighted by Gasteiger charge is -2.31. The molecule has 0 unspecified atom stereocenters. The molecule has 4 nitrogen and oxygen atoms in total. The monoisotopic (exact) mass is 364 g/mol. The van der Waals surface area contributed by atoms with Crippen LogP contribution in [-0.4, -0.2) is 49.6 Å². The van der Waals surface area contributed by atoms with Gasteiger partial charge >= 0.3 is 0 Å². The van der Waals surface area contributed by atoms with Gasteiger partial charge in [-0.05, 0) is 68.7 Å². The van der Waals surface area contributed by atoms with Gasteiger partial charge in [0.1, 0.15) is 0 Å². The number of hydrogen-bond donors (Lipinski definition) is 0. The molecule has 0 N–H and O–H groups in total. The van der Waals surface area contributed by atoms with Gasteiger partial charge in [-0.2, -0.15) is 0 Å². The summed E-state index contributed by atoms with van der Waals surface area (Å²) in [6.07, 6.45) is 6.42. The molecule has 0 spiro atoms. The van der Waals surface area contributed by atoms with Gasteiger partial charge in [-0.1, -0.05) is 31.2 Å². The summed E-state index contributed by atoms with van der Waals surface area (Å²) < 4.78 is 26.0. The summed E-state index contributed by atoms with van der Waals surface area (Å²) >= 11 is 0. The molecule has 0 amide bonds. The molecule has 0 saturated carbocycles. The highest BCUT2D eigenvalue weighted by Crippen LogP contribution is 2.24. The van der Waals surface area contributed by atoms with Gasteiger partial charge < -0.3 is 0 Å². The predicted octanol–water partition coefficient (Wildman–Crippen LogP) is 3.28. The molecule has 0 aliphatic carbocycles. The number of likely N-dealkylation sites (tertiary alicyclic amines) is 1. The second-order valence-electron chi connectivity index (χ2n) is 7.66. The molecule has 2 saturated heterocycles. The lowest BCUT2D eigenvalue weighted by Crippen LogP contribution is -2.40. The number of benzene rings is 1. The molecule has 1 aromatic rings. The molecule has 5 heteroatoms. The SMILES string of the molecule is CCCS(=O)(=O)N1CCC(Cc2ccc(CN3CCCC3)cc2)CC1. The quantitative estimate of drug-likeness (QED) is 0.745. The van der Waals surface area contributed by atoms with Crippen LogP contribution >= 0.6 is 0 Å². The van der Waals surface area contributed by atoms with Crippen LogP contribution in [0.15, 0.2) is 24.3 Å². The summed E-state index contributed by atoms with van der Waals surface area (Å²) in [5.41, 5.74) is 2.80. The maximum atomic E-state index is 12.2. The minimum atomic E-state index is -3.02. The van der Waals surface area contributed by atoms with Crippen molar-refractivity contribution in [3.8, 4) is 0 Å². The van der Waals surface area contributed by atoms with E-state index in [0.29, 0.717) is 25.4 Å². The standard InChI is InChI=1S/C20H32N2O2S/c1-2-15-25(23,24)22-13-9-19(10-14-22)16-18-5-7-20(8-6-18)17-21-11-3-4-12-21/h5-8,19H,2-4,9-17H2,1H3. The Morgan fingerprint density at radius 2 is 1.56 bits per heavy atom. The van der Waals surface area contributed by atoms with Crippen molar-refractivity contribution in [2.45, 2.75) is 52.0 Å². The van der Waals surface area contributed by atoms with Gasteiger partial charge in [0.25, 0.3) is 0 Å². The first-order valence-corrected chi connectivity index (χ1v) is 11.5. The van der Waals surface area contributed by atoms with Crippen molar-refractivity contribution in [3.05, 3.63) is 35.4 Å². The van der Waals surface area contributed by atoms with Gasteiger partial charge in [0.05, 0.1) is 5.75 Å². The van der Waals surface area contributed by atoms with Crippen LogP contribution in [0.2, 0.25) is 0 Å². The number of sulfonamides is 1. The van der Waals surface area contributed by atoms with Crippen LogP contribution in [0.3, 0.4) is 0 Å². The highest BCUT2D eigenvalue weighted by Gasteiger charge is 2.27. The molecular formula is C20H32N2O2S. The van der Waals surface area contributed by atoms with Crippen LogP contribution in [0.25, 0.3) is 0 Å². The van der Waals surface area contributed by atoms with Crippen LogP contribution in [0.1, 0.15) is 50.2 Å². The van der Waals surface area contributed by atoms with E-state index in [1.54, 1.807) is 4.31 Å². The first kappa shape index (κ1) is 18.9. The molecule has 25 heavy (non-hydrogen) atoms. The molecular weight excluding hydrogens is 332 g/mol. The predicted molar refractivity (Wildman–Crippen MR) is 103 cm³/mol. The summed E-state index contributed by atoms with van der Waals surface area (Å²) in [7, 11) is -3.02. The second kappa shape index (κ2) is 8.65. The third-order valence-corrected chi connectivity index (χ3v) is 7.66. The van der Waals surface area contributed by atoms with Gasteiger partial charge in [-0.15, -0.1) is 0 Å². The lowest BCUT2D eigenvalue weighted by molar-refractivity contribution is 0.273. The normalized spacial score (nSPS) is 21.0. The highest BCUT2D eigenvalue weighted by molar-refractivity contribution is 7.89. The van der Waals surface area contributed by atoms with E-state index in [0.717, 1.165) is 25.8 Å². The van der Waals surface area contributed by atoms with E-state index < -0.39 is 10.0 Å². The number of piperidine rings is 1. The molecule has 0 radical (unpaired) electrons. The molecule has 0 atom stereocenters. The summed E-state index contributed by atoms with van der Waals surface area (Å²) in [5.74, 6) is 0.897. The van der Waals surface area contributed by atoms with E-state index in [9.17, 15) is 8.42 Å². The number of hydrogen-bond acceptors (Lipinski definition) is 3. The van der Waals surface area contributed by atoms with Crippen molar-refractivity contribution >= 4 is 10.0 Å². The zero-order valence-electron chi connectivity index (χ0n) is 15.5. The zero-order chi connectivity index (χ0) is 17.7. The van der Waals surface area contributed by atoms with E-state index in [-0.39, 0.29) is 5.75 Å². The van der Waals surface area contributed by atoms with E-state index in [2.05, 4.69) is 29.2 Å². The Morgan fingerprint density at radius 1 is 0.960 bits per heavy atom. The Morgan fingerprint density at radius 3 is 2.16 bits per heavy atom. The van der Waals surface area contributed by atoms with Crippen molar-refractivity contribution in [1.29, 1.82) is 0 Å². The molecule has 2 fully saturated rings. The number of nitrogens with zero attached hydrogens (tertiary/aromatic N) is 2. The molecule has 1 aromatic carbocycles. The Labute approximate surface area is 153 Å². The van der Waals surface area contributed by atoms with Gasteiger partial charge in [0, 0.05) is 19.6 Å². The molecule has 3 rings (SSSR count). The zero-order valence-corrected chi connectivity index (χ0v) is 16.3. The van der Waals surface area contributed by atoms with Gasteiger partial charge in [0.15, 0.2) is 0 Å². The van der Waals surface area contributed by atoms with E-state index >= 15 is 0 Å². The molecule has 2 heterocycles. The minimum Gasteiger partial charge on any atom is -0.299 e. The third kappa shape index (κ3) is 5.28. The van der Waals surface area contributed by atoms with Gasteiger partial charge in [-0.3, -0.25) is 4.90 Å². The molecule has 140 valence electrons. The van der Waals surface area contributed by atoms with Crippen LogP contribution < -0.4 is 0 Å². The molecule has 0 bridgehead atoms. The topological polar surface area (TPSA) is 40.6 Å². The highest BCUT2D eigenvalue weighted by atomic mass is 32.2. The van der Waals surface area contributed by atoms with Crippen molar-refractivity contribution < 1.29 is 8.42 Å². The Hall–Kier alpha value is -0.910. The number of rotatable bonds is 7. The van der Waals surface area contributed by atoms with E-state index in [1.807, 2.05) is 6.92 Å². The van der Waals surface area contributed by atoms with Crippen LogP contribution in [-0.2, 0) is 23.0 Å². The van der Waals surface area contributed by atoms with E-state index in [4.69, 9.17) is 0 Å². The third-order valence-electron chi connectivity index (χ3n) is 5.58. The smallest absolute Gasteiger partial charge is 0.214 e. The van der Waals surface area contributed by atoms with Crippen LogP contribution in [0, 0.1) is 5.92 Å². The molecule has 2 aliphatic rings. The van der Waals surface area contributed by atoms with Gasteiger partial charge in [-0.25, -0.2) is 12.7 Å². The fourth-order valence-corrected chi connectivity index (χ4v) is 5.63. The minimum absolute atomic E-state index is 0.288. The summed E-state index contributed by atoms with van der Waals surface area (Å²) in [4.78, 5) is 2.53. The lowest BCUT2D eigenvalue weighted by atomic mass is 9.91. The summed E-state index contributed by atoms with van der Waals surface area (Å²) in [5, 5.41) is 0. The average Bonchev–Trinajstić information content (AvgIpc) is 3.10. The maximum absolute atomic E-state index is 12.2. The van der Waals surface area contributed by atoms with Crippen LogP contribution in [0.4, 0.5) is 0 Å². The first-order chi connectivity index (χ1) is 12.1. The maximum Gasteiger partial charge on any atom is 0.214 e.